The maximum atomic E-state index is 4.25. The maximum absolute atomic E-state index is 4.25. The summed E-state index contributed by atoms with van der Waals surface area (Å²) in [5.74, 6) is 4.60. The molecule has 0 saturated heterocycles. The van der Waals surface area contributed by atoms with Crippen molar-refractivity contribution in [2.24, 2.45) is 30.7 Å². The van der Waals surface area contributed by atoms with E-state index >= 15 is 0 Å². The molecule has 0 aliphatic carbocycles. The van der Waals surface area contributed by atoms with Crippen molar-refractivity contribution in [3.05, 3.63) is 42.7 Å². The molecule has 0 amide bonds. The molecule has 1 aromatic carbocycles. The monoisotopic (exact) mass is 356 g/mol. The molecule has 1 aromatic heterocycles. The third-order valence-electron chi connectivity index (χ3n) is 5.86. The van der Waals surface area contributed by atoms with Gasteiger partial charge in [0.15, 0.2) is 0 Å². The van der Waals surface area contributed by atoms with Gasteiger partial charge < -0.3 is 4.57 Å². The molecule has 2 nitrogen and oxygen atoms in total. The molecule has 3 unspecified atom stereocenters. The highest BCUT2D eigenvalue weighted by atomic mass is 15.0. The van der Waals surface area contributed by atoms with Crippen LogP contribution in [0.5, 0.6) is 0 Å². The molecular weight excluding hydrogens is 316 g/mol. The molecular formula is C24H40N2. The van der Waals surface area contributed by atoms with Gasteiger partial charge in [-0.1, -0.05) is 91.1 Å². The highest BCUT2D eigenvalue weighted by molar-refractivity contribution is 5.54. The molecule has 2 rings (SSSR count). The number of hydrogen-bond acceptors (Lipinski definition) is 1. The van der Waals surface area contributed by atoms with Gasteiger partial charge in [-0.3, -0.25) is 0 Å². The zero-order chi connectivity index (χ0) is 19.5. The van der Waals surface area contributed by atoms with Crippen LogP contribution in [0.15, 0.2) is 42.7 Å². The van der Waals surface area contributed by atoms with Crippen LogP contribution < -0.4 is 0 Å². The summed E-state index contributed by atoms with van der Waals surface area (Å²) in [4.78, 5) is 4.25. The molecule has 0 fully saturated rings. The molecule has 2 aromatic rings. The minimum atomic E-state index is 0.893. The first-order valence-electron chi connectivity index (χ1n) is 10.4. The minimum absolute atomic E-state index is 0.893. The van der Waals surface area contributed by atoms with Crippen LogP contribution in [-0.4, -0.2) is 9.55 Å². The average Bonchev–Trinajstić information content (AvgIpc) is 3.08. The Kier molecular flexibility index (Phi) is 10.3. The lowest BCUT2D eigenvalue weighted by Crippen LogP contribution is -2.18. The van der Waals surface area contributed by atoms with E-state index in [1.807, 2.05) is 42.2 Å². The molecule has 0 spiro atoms. The van der Waals surface area contributed by atoms with E-state index in [0.29, 0.717) is 0 Å². The summed E-state index contributed by atoms with van der Waals surface area (Å²) in [5, 5.41) is 0. The lowest BCUT2D eigenvalue weighted by molar-refractivity contribution is 0.228. The van der Waals surface area contributed by atoms with Gasteiger partial charge >= 0.3 is 0 Å². The molecule has 1 heterocycles. The first-order valence-corrected chi connectivity index (χ1v) is 10.4. The molecule has 0 aliphatic heterocycles. The number of hydrogen-bond donors (Lipinski definition) is 0. The van der Waals surface area contributed by atoms with E-state index in [1.165, 1.54) is 25.7 Å². The van der Waals surface area contributed by atoms with Crippen molar-refractivity contribution in [3.63, 3.8) is 0 Å². The van der Waals surface area contributed by atoms with Crippen LogP contribution in [0.4, 0.5) is 0 Å². The molecule has 0 saturated carbocycles. The topological polar surface area (TPSA) is 17.8 Å². The van der Waals surface area contributed by atoms with Crippen molar-refractivity contribution in [2.75, 3.05) is 0 Å². The van der Waals surface area contributed by atoms with E-state index in [0.717, 1.165) is 35.1 Å². The molecule has 2 heteroatoms. The number of benzene rings is 1. The predicted molar refractivity (Wildman–Crippen MR) is 115 cm³/mol. The third kappa shape index (κ3) is 7.35. The van der Waals surface area contributed by atoms with Gasteiger partial charge in [-0.25, -0.2) is 4.98 Å². The standard InChI is InChI=1S/C14H30.C10H10N2/c1-7-9-12(4)14(6)13(5)10-11(3)8-2;1-12-8-7-11-10(12)9-5-3-2-4-6-9/h11-14H,7-10H2,1-6H3;2-8H,1H3/t11?,12?,13?,14-;/m0./s1. The van der Waals surface area contributed by atoms with Crippen LogP contribution in [0.2, 0.25) is 0 Å². The van der Waals surface area contributed by atoms with Gasteiger partial charge in [-0.05, 0) is 30.1 Å². The zero-order valence-electron chi connectivity index (χ0n) is 18.1. The van der Waals surface area contributed by atoms with Gasteiger partial charge in [0.25, 0.3) is 0 Å². The highest BCUT2D eigenvalue weighted by Crippen LogP contribution is 2.29. The van der Waals surface area contributed by atoms with Crippen LogP contribution in [0.1, 0.15) is 67.2 Å². The van der Waals surface area contributed by atoms with Gasteiger partial charge in [0.1, 0.15) is 5.82 Å². The Morgan fingerprint density at radius 3 is 2.12 bits per heavy atom. The zero-order valence-corrected chi connectivity index (χ0v) is 18.1. The van der Waals surface area contributed by atoms with Crippen molar-refractivity contribution in [1.29, 1.82) is 0 Å². The van der Waals surface area contributed by atoms with Crippen LogP contribution in [0.3, 0.4) is 0 Å². The number of imidazole rings is 1. The van der Waals surface area contributed by atoms with E-state index in [-0.39, 0.29) is 0 Å². The summed E-state index contributed by atoms with van der Waals surface area (Å²) in [5.41, 5.74) is 1.16. The molecule has 0 bridgehead atoms. The van der Waals surface area contributed by atoms with Crippen LogP contribution in [-0.2, 0) is 7.05 Å². The minimum Gasteiger partial charge on any atom is -0.334 e. The fourth-order valence-electron chi connectivity index (χ4n) is 3.53. The van der Waals surface area contributed by atoms with Crippen molar-refractivity contribution < 1.29 is 0 Å². The first kappa shape index (κ1) is 22.5. The smallest absolute Gasteiger partial charge is 0.139 e. The average molecular weight is 357 g/mol. The predicted octanol–water partition coefficient (Wildman–Crippen LogP) is 7.22. The van der Waals surface area contributed by atoms with Crippen LogP contribution in [0.25, 0.3) is 11.4 Å². The summed E-state index contributed by atoms with van der Waals surface area (Å²) in [6, 6.07) is 10.2. The Morgan fingerprint density at radius 1 is 0.962 bits per heavy atom. The van der Waals surface area contributed by atoms with Crippen LogP contribution in [0, 0.1) is 23.7 Å². The molecule has 0 N–H and O–H groups in total. The van der Waals surface area contributed by atoms with Gasteiger partial charge in [-0.15, -0.1) is 0 Å². The maximum Gasteiger partial charge on any atom is 0.139 e. The Hall–Kier alpha value is -1.57. The summed E-state index contributed by atoms with van der Waals surface area (Å²) >= 11 is 0. The van der Waals surface area contributed by atoms with Crippen molar-refractivity contribution in [2.45, 2.75) is 67.2 Å². The summed E-state index contributed by atoms with van der Waals surface area (Å²) in [7, 11) is 2.00. The second-order valence-corrected chi connectivity index (χ2v) is 8.08. The molecule has 146 valence electrons. The Labute approximate surface area is 162 Å². The van der Waals surface area contributed by atoms with E-state index in [1.54, 1.807) is 0 Å². The largest absolute Gasteiger partial charge is 0.334 e. The summed E-state index contributed by atoms with van der Waals surface area (Å²) < 4.78 is 2.01. The Morgan fingerprint density at radius 2 is 1.62 bits per heavy atom. The van der Waals surface area contributed by atoms with E-state index in [9.17, 15) is 0 Å². The Balaban J connectivity index is 0.000000262. The summed E-state index contributed by atoms with van der Waals surface area (Å²) in [6.07, 6.45) is 9.23. The molecule has 0 radical (unpaired) electrons. The number of rotatable bonds is 8. The van der Waals surface area contributed by atoms with Gasteiger partial charge in [-0.2, -0.15) is 0 Å². The number of nitrogens with zero attached hydrogens (tertiary/aromatic N) is 2. The number of aromatic nitrogens is 2. The lowest BCUT2D eigenvalue weighted by atomic mass is 9.78. The van der Waals surface area contributed by atoms with Crippen molar-refractivity contribution in [3.8, 4) is 11.4 Å². The van der Waals surface area contributed by atoms with E-state index < -0.39 is 0 Å². The second-order valence-electron chi connectivity index (χ2n) is 8.08. The van der Waals surface area contributed by atoms with Crippen molar-refractivity contribution in [1.82, 2.24) is 9.55 Å². The fourth-order valence-corrected chi connectivity index (χ4v) is 3.53. The fraction of sp³-hybridized carbons (Fsp3) is 0.625. The van der Waals surface area contributed by atoms with E-state index in [4.69, 9.17) is 0 Å². The Bertz CT molecular complexity index is 587. The van der Waals surface area contributed by atoms with Crippen LogP contribution >= 0.6 is 0 Å². The molecule has 4 atom stereocenters. The van der Waals surface area contributed by atoms with E-state index in [2.05, 4.69) is 58.7 Å². The van der Waals surface area contributed by atoms with Gasteiger partial charge in [0.05, 0.1) is 0 Å². The molecule has 0 aliphatic rings. The molecule has 26 heavy (non-hydrogen) atoms. The number of aryl methyl sites for hydroxylation is 1. The lowest BCUT2D eigenvalue weighted by Gasteiger charge is -2.27. The van der Waals surface area contributed by atoms with Gasteiger partial charge in [0.2, 0.25) is 0 Å². The SMILES string of the molecule is CCCC(C)[C@H](C)C(C)CC(C)CC.Cn1ccnc1-c1ccccc1. The van der Waals surface area contributed by atoms with Gasteiger partial charge in [0, 0.05) is 25.0 Å². The summed E-state index contributed by atoms with van der Waals surface area (Å²) in [6.45, 7) is 14.3. The quantitative estimate of drug-likeness (QED) is 0.488. The first-order chi connectivity index (χ1) is 12.4. The van der Waals surface area contributed by atoms with Crippen molar-refractivity contribution >= 4 is 0 Å². The third-order valence-corrected chi connectivity index (χ3v) is 5.86. The second kappa shape index (κ2) is 11.9. The normalized spacial score (nSPS) is 15.5. The highest BCUT2D eigenvalue weighted by Gasteiger charge is 2.19.